The molecule has 0 rings (SSSR count). The summed E-state index contributed by atoms with van der Waals surface area (Å²) in [5.74, 6) is 0.550. The van der Waals surface area contributed by atoms with Crippen LogP contribution in [0.25, 0.3) is 0 Å². The number of aliphatic hydroxyl groups is 1. The topological polar surface area (TPSA) is 29.5 Å². The summed E-state index contributed by atoms with van der Waals surface area (Å²) in [5.41, 5.74) is -0.168. The first-order chi connectivity index (χ1) is 6.02. The van der Waals surface area contributed by atoms with Crippen molar-refractivity contribution in [2.45, 2.75) is 39.2 Å². The SMILES string of the molecule is COC(C)(C)/C=C/CC(C)CCO. The first-order valence-corrected chi connectivity index (χ1v) is 4.85. The summed E-state index contributed by atoms with van der Waals surface area (Å²) in [6.07, 6.45) is 6.08. The van der Waals surface area contributed by atoms with Crippen molar-refractivity contribution in [2.24, 2.45) is 5.92 Å². The summed E-state index contributed by atoms with van der Waals surface area (Å²) >= 11 is 0. The number of rotatable bonds is 6. The van der Waals surface area contributed by atoms with Crippen molar-refractivity contribution in [1.29, 1.82) is 0 Å². The van der Waals surface area contributed by atoms with Crippen molar-refractivity contribution in [3.05, 3.63) is 12.2 Å². The second-order valence-electron chi connectivity index (χ2n) is 4.06. The van der Waals surface area contributed by atoms with Crippen LogP contribution in [0.4, 0.5) is 0 Å². The molecule has 2 nitrogen and oxygen atoms in total. The molecule has 0 aliphatic heterocycles. The molecule has 0 amide bonds. The molecule has 0 aromatic rings. The molecule has 78 valence electrons. The molecule has 0 aromatic heterocycles. The Kier molecular flexibility index (Phi) is 6.00. The van der Waals surface area contributed by atoms with Crippen LogP contribution in [0.2, 0.25) is 0 Å². The van der Waals surface area contributed by atoms with E-state index >= 15 is 0 Å². The Morgan fingerprint density at radius 1 is 1.46 bits per heavy atom. The van der Waals surface area contributed by atoms with E-state index in [2.05, 4.69) is 19.1 Å². The van der Waals surface area contributed by atoms with Gasteiger partial charge in [-0.1, -0.05) is 19.1 Å². The predicted molar refractivity (Wildman–Crippen MR) is 55.7 cm³/mol. The van der Waals surface area contributed by atoms with Gasteiger partial charge >= 0.3 is 0 Å². The third-order valence-electron chi connectivity index (χ3n) is 2.21. The van der Waals surface area contributed by atoms with Crippen LogP contribution < -0.4 is 0 Å². The highest BCUT2D eigenvalue weighted by atomic mass is 16.5. The number of hydrogen-bond donors (Lipinski definition) is 1. The van der Waals surface area contributed by atoms with Gasteiger partial charge in [0.05, 0.1) is 5.60 Å². The predicted octanol–water partition coefficient (Wildman–Crippen LogP) is 2.38. The van der Waals surface area contributed by atoms with Gasteiger partial charge in [0.2, 0.25) is 0 Å². The quantitative estimate of drug-likeness (QED) is 0.645. The Hall–Kier alpha value is -0.340. The van der Waals surface area contributed by atoms with Crippen molar-refractivity contribution < 1.29 is 9.84 Å². The molecule has 13 heavy (non-hydrogen) atoms. The molecule has 0 aliphatic rings. The Balaban J connectivity index is 3.73. The maximum atomic E-state index is 8.69. The van der Waals surface area contributed by atoms with Gasteiger partial charge in [0.15, 0.2) is 0 Å². The highest BCUT2D eigenvalue weighted by Crippen LogP contribution is 2.12. The monoisotopic (exact) mass is 186 g/mol. The molecule has 0 fully saturated rings. The van der Waals surface area contributed by atoms with E-state index in [0.29, 0.717) is 5.92 Å². The molecule has 0 saturated carbocycles. The van der Waals surface area contributed by atoms with Gasteiger partial charge in [-0.2, -0.15) is 0 Å². The zero-order valence-electron chi connectivity index (χ0n) is 9.21. The van der Waals surface area contributed by atoms with E-state index in [9.17, 15) is 0 Å². The first kappa shape index (κ1) is 12.7. The van der Waals surface area contributed by atoms with Crippen LogP contribution in [0.15, 0.2) is 12.2 Å². The Morgan fingerprint density at radius 2 is 2.08 bits per heavy atom. The summed E-state index contributed by atoms with van der Waals surface area (Å²) in [4.78, 5) is 0. The van der Waals surface area contributed by atoms with Crippen LogP contribution in [-0.2, 0) is 4.74 Å². The molecule has 1 unspecified atom stereocenters. The largest absolute Gasteiger partial charge is 0.396 e. The van der Waals surface area contributed by atoms with Gasteiger partial charge in [-0.25, -0.2) is 0 Å². The lowest BCUT2D eigenvalue weighted by Gasteiger charge is -2.18. The Morgan fingerprint density at radius 3 is 2.54 bits per heavy atom. The number of aliphatic hydroxyl groups excluding tert-OH is 1. The molecular formula is C11H22O2. The van der Waals surface area contributed by atoms with E-state index in [1.165, 1.54) is 0 Å². The van der Waals surface area contributed by atoms with Gasteiger partial charge in [0, 0.05) is 13.7 Å². The van der Waals surface area contributed by atoms with Crippen molar-refractivity contribution in [3.8, 4) is 0 Å². The zero-order chi connectivity index (χ0) is 10.3. The van der Waals surface area contributed by atoms with E-state index in [0.717, 1.165) is 12.8 Å². The van der Waals surface area contributed by atoms with Crippen molar-refractivity contribution >= 4 is 0 Å². The molecule has 2 heteroatoms. The Labute approximate surface area is 81.6 Å². The molecule has 0 spiro atoms. The molecule has 0 saturated heterocycles. The highest BCUT2D eigenvalue weighted by Gasteiger charge is 2.10. The number of ether oxygens (including phenoxy) is 1. The zero-order valence-corrected chi connectivity index (χ0v) is 9.21. The second kappa shape index (κ2) is 6.17. The normalized spacial score (nSPS) is 15.2. The van der Waals surface area contributed by atoms with Gasteiger partial charge in [-0.15, -0.1) is 0 Å². The van der Waals surface area contributed by atoms with Crippen LogP contribution in [0.3, 0.4) is 0 Å². The lowest BCUT2D eigenvalue weighted by Crippen LogP contribution is -2.18. The minimum Gasteiger partial charge on any atom is -0.396 e. The average Bonchev–Trinajstić information content (AvgIpc) is 2.05. The summed E-state index contributed by atoms with van der Waals surface area (Å²) < 4.78 is 5.24. The van der Waals surface area contributed by atoms with Crippen LogP contribution in [-0.4, -0.2) is 24.4 Å². The third kappa shape index (κ3) is 6.79. The van der Waals surface area contributed by atoms with Gasteiger partial charge < -0.3 is 9.84 Å². The number of hydrogen-bond acceptors (Lipinski definition) is 2. The summed E-state index contributed by atoms with van der Waals surface area (Å²) in [6.45, 7) is 6.48. The third-order valence-corrected chi connectivity index (χ3v) is 2.21. The second-order valence-corrected chi connectivity index (χ2v) is 4.06. The molecule has 1 atom stereocenters. The van der Waals surface area contributed by atoms with E-state index in [1.54, 1.807) is 7.11 Å². The van der Waals surface area contributed by atoms with Crippen molar-refractivity contribution in [2.75, 3.05) is 13.7 Å². The molecule has 1 N–H and O–H groups in total. The highest BCUT2D eigenvalue weighted by molar-refractivity contribution is 4.96. The Bertz CT molecular complexity index is 150. The smallest absolute Gasteiger partial charge is 0.0802 e. The minimum absolute atomic E-state index is 0.168. The van der Waals surface area contributed by atoms with Crippen LogP contribution in [0.1, 0.15) is 33.6 Å². The van der Waals surface area contributed by atoms with Crippen molar-refractivity contribution in [3.63, 3.8) is 0 Å². The van der Waals surface area contributed by atoms with E-state index in [-0.39, 0.29) is 12.2 Å². The van der Waals surface area contributed by atoms with Gasteiger partial charge in [0.25, 0.3) is 0 Å². The van der Waals surface area contributed by atoms with Gasteiger partial charge in [-0.3, -0.25) is 0 Å². The van der Waals surface area contributed by atoms with Crippen LogP contribution in [0.5, 0.6) is 0 Å². The molecule has 0 aliphatic carbocycles. The summed E-state index contributed by atoms with van der Waals surface area (Å²) in [5, 5.41) is 8.69. The van der Waals surface area contributed by atoms with E-state index in [1.807, 2.05) is 13.8 Å². The average molecular weight is 186 g/mol. The molecule has 0 aromatic carbocycles. The number of allylic oxidation sites excluding steroid dienone is 1. The van der Waals surface area contributed by atoms with Crippen LogP contribution in [0, 0.1) is 5.92 Å². The number of methoxy groups -OCH3 is 1. The van der Waals surface area contributed by atoms with E-state index < -0.39 is 0 Å². The maximum Gasteiger partial charge on any atom is 0.0802 e. The molecule has 0 bridgehead atoms. The van der Waals surface area contributed by atoms with Gasteiger partial charge in [0.1, 0.15) is 0 Å². The summed E-state index contributed by atoms with van der Waals surface area (Å²) in [6, 6.07) is 0. The lowest BCUT2D eigenvalue weighted by atomic mass is 10.0. The standard InChI is InChI=1S/C11H22O2/c1-10(7-9-12)6-5-8-11(2,3)13-4/h5,8,10,12H,6-7,9H2,1-4H3/b8-5+. The minimum atomic E-state index is -0.168. The molecular weight excluding hydrogens is 164 g/mol. The lowest BCUT2D eigenvalue weighted by molar-refractivity contribution is 0.0653. The van der Waals surface area contributed by atoms with Crippen LogP contribution >= 0.6 is 0 Å². The fourth-order valence-electron chi connectivity index (χ4n) is 0.990. The maximum absolute atomic E-state index is 8.69. The summed E-state index contributed by atoms with van der Waals surface area (Å²) in [7, 11) is 1.71. The van der Waals surface area contributed by atoms with Gasteiger partial charge in [-0.05, 0) is 32.6 Å². The van der Waals surface area contributed by atoms with E-state index in [4.69, 9.17) is 9.84 Å². The fraction of sp³-hybridized carbons (Fsp3) is 0.818. The molecule has 0 radical (unpaired) electrons. The fourth-order valence-corrected chi connectivity index (χ4v) is 0.990. The first-order valence-electron chi connectivity index (χ1n) is 4.85. The molecule has 0 heterocycles. The van der Waals surface area contributed by atoms with Crippen molar-refractivity contribution in [1.82, 2.24) is 0 Å².